The maximum Gasteiger partial charge on any atom is 0.178 e. The number of halogens is 1. The zero-order valence-corrected chi connectivity index (χ0v) is 11.9. The third-order valence-corrected chi connectivity index (χ3v) is 4.01. The molecule has 1 unspecified atom stereocenters. The Morgan fingerprint density at radius 3 is 3.00 bits per heavy atom. The molecule has 102 valence electrons. The number of aromatic amines is 1. The number of aromatic nitrogens is 2. The van der Waals surface area contributed by atoms with Crippen molar-refractivity contribution in [1.82, 2.24) is 9.55 Å². The van der Waals surface area contributed by atoms with Gasteiger partial charge in [-0.2, -0.15) is 0 Å². The molecular formula is C14H17FN2OS. The molecule has 1 fully saturated rings. The molecule has 0 amide bonds. The molecule has 1 saturated heterocycles. The maximum atomic E-state index is 13.5. The molecule has 5 heteroatoms. The zero-order valence-electron chi connectivity index (χ0n) is 11.1. The van der Waals surface area contributed by atoms with Crippen molar-refractivity contribution in [1.29, 1.82) is 0 Å². The average molecular weight is 280 g/mol. The fraction of sp³-hybridized carbons (Fsp3) is 0.500. The number of nitrogens with one attached hydrogen (secondary N) is 1. The number of imidazole rings is 1. The van der Waals surface area contributed by atoms with Crippen molar-refractivity contribution in [2.75, 3.05) is 6.61 Å². The van der Waals surface area contributed by atoms with Crippen molar-refractivity contribution < 1.29 is 9.13 Å². The summed E-state index contributed by atoms with van der Waals surface area (Å²) in [7, 11) is 0. The Bertz CT molecular complexity index is 674. The number of hydrogen-bond acceptors (Lipinski definition) is 2. The van der Waals surface area contributed by atoms with E-state index in [1.165, 1.54) is 6.07 Å². The van der Waals surface area contributed by atoms with Gasteiger partial charge in [0.2, 0.25) is 0 Å². The fourth-order valence-corrected chi connectivity index (χ4v) is 3.23. The number of fused-ring (bicyclic) bond motifs is 1. The van der Waals surface area contributed by atoms with Gasteiger partial charge in [-0.3, -0.25) is 0 Å². The van der Waals surface area contributed by atoms with Gasteiger partial charge in [-0.1, -0.05) is 0 Å². The molecule has 2 heterocycles. The maximum absolute atomic E-state index is 13.5. The van der Waals surface area contributed by atoms with Crippen molar-refractivity contribution in [3.8, 4) is 0 Å². The molecular weight excluding hydrogens is 263 g/mol. The average Bonchev–Trinajstić information content (AvgIpc) is 2.63. The van der Waals surface area contributed by atoms with Crippen LogP contribution >= 0.6 is 12.2 Å². The van der Waals surface area contributed by atoms with Crippen LogP contribution in [0.4, 0.5) is 4.39 Å². The van der Waals surface area contributed by atoms with E-state index in [9.17, 15) is 4.39 Å². The van der Waals surface area contributed by atoms with Crippen molar-refractivity contribution in [2.45, 2.75) is 38.3 Å². The van der Waals surface area contributed by atoms with E-state index in [-0.39, 0.29) is 17.5 Å². The van der Waals surface area contributed by atoms with E-state index in [1.54, 1.807) is 12.1 Å². The molecule has 1 aliphatic heterocycles. The van der Waals surface area contributed by atoms with Crippen LogP contribution in [0, 0.1) is 10.6 Å². The summed E-state index contributed by atoms with van der Waals surface area (Å²) in [4.78, 5) is 3.15. The summed E-state index contributed by atoms with van der Waals surface area (Å²) >= 11 is 5.40. The van der Waals surface area contributed by atoms with E-state index < -0.39 is 0 Å². The quantitative estimate of drug-likeness (QED) is 0.801. The van der Waals surface area contributed by atoms with Crippen molar-refractivity contribution >= 4 is 23.3 Å². The normalized spacial score (nSPS) is 22.8. The highest BCUT2D eigenvalue weighted by Crippen LogP contribution is 2.34. The van der Waals surface area contributed by atoms with Crippen molar-refractivity contribution in [2.24, 2.45) is 0 Å². The smallest absolute Gasteiger partial charge is 0.178 e. The van der Waals surface area contributed by atoms with E-state index >= 15 is 0 Å². The van der Waals surface area contributed by atoms with E-state index in [0.29, 0.717) is 11.4 Å². The van der Waals surface area contributed by atoms with Gasteiger partial charge < -0.3 is 14.3 Å². The number of hydrogen-bond donors (Lipinski definition) is 1. The van der Waals surface area contributed by atoms with Gasteiger partial charge in [0, 0.05) is 12.6 Å². The van der Waals surface area contributed by atoms with Gasteiger partial charge in [0.25, 0.3) is 0 Å². The molecule has 3 rings (SSSR count). The molecule has 1 atom stereocenters. The highest BCUT2D eigenvalue weighted by Gasteiger charge is 2.30. The number of ether oxygens (including phenoxy) is 1. The summed E-state index contributed by atoms with van der Waals surface area (Å²) in [5.74, 6) is -0.235. The number of H-pyrrole nitrogens is 1. The third kappa shape index (κ3) is 2.32. The lowest BCUT2D eigenvalue weighted by molar-refractivity contribution is -0.0687. The van der Waals surface area contributed by atoms with E-state index in [2.05, 4.69) is 18.8 Å². The second-order valence-electron chi connectivity index (χ2n) is 5.72. The van der Waals surface area contributed by atoms with Gasteiger partial charge in [0.1, 0.15) is 5.82 Å². The molecule has 19 heavy (non-hydrogen) atoms. The monoisotopic (exact) mass is 280 g/mol. The van der Waals surface area contributed by atoms with E-state index in [4.69, 9.17) is 17.0 Å². The van der Waals surface area contributed by atoms with E-state index in [1.807, 2.05) is 4.57 Å². The molecule has 1 aromatic carbocycles. The Morgan fingerprint density at radius 2 is 2.26 bits per heavy atom. The van der Waals surface area contributed by atoms with E-state index in [0.717, 1.165) is 23.9 Å². The van der Waals surface area contributed by atoms with Gasteiger partial charge in [0.15, 0.2) is 4.77 Å². The first kappa shape index (κ1) is 12.8. The minimum atomic E-state index is -0.235. The number of rotatable bonds is 1. The number of benzene rings is 1. The van der Waals surface area contributed by atoms with Crippen LogP contribution in [-0.2, 0) is 4.74 Å². The highest BCUT2D eigenvalue weighted by atomic mass is 32.1. The first-order chi connectivity index (χ1) is 8.96. The van der Waals surface area contributed by atoms with Crippen LogP contribution in [-0.4, -0.2) is 21.8 Å². The Kier molecular flexibility index (Phi) is 2.98. The molecule has 1 aromatic heterocycles. The van der Waals surface area contributed by atoms with Crippen LogP contribution < -0.4 is 0 Å². The van der Waals surface area contributed by atoms with Crippen LogP contribution in [0.15, 0.2) is 18.2 Å². The lowest BCUT2D eigenvalue weighted by Crippen LogP contribution is -2.35. The minimum Gasteiger partial charge on any atom is -0.375 e. The summed E-state index contributed by atoms with van der Waals surface area (Å²) in [6, 6.07) is 4.99. The predicted octanol–water partition coefficient (Wildman–Crippen LogP) is 3.97. The van der Waals surface area contributed by atoms with Crippen molar-refractivity contribution in [3.63, 3.8) is 0 Å². The van der Waals surface area contributed by atoms with Crippen LogP contribution in [0.25, 0.3) is 11.0 Å². The SMILES string of the molecule is CC1(C)CC(n2c(=S)[nH]c3ccc(F)cc32)CCO1. The van der Waals surface area contributed by atoms with Gasteiger partial charge in [-0.25, -0.2) is 4.39 Å². The topological polar surface area (TPSA) is 29.9 Å². The van der Waals surface area contributed by atoms with Crippen LogP contribution in [0.3, 0.4) is 0 Å². The summed E-state index contributed by atoms with van der Waals surface area (Å²) in [6.45, 7) is 4.87. The first-order valence-electron chi connectivity index (χ1n) is 6.50. The van der Waals surface area contributed by atoms with Gasteiger partial charge in [-0.15, -0.1) is 0 Å². The predicted molar refractivity (Wildman–Crippen MR) is 75.4 cm³/mol. The Labute approximate surface area is 116 Å². The molecule has 0 aliphatic carbocycles. The molecule has 0 radical (unpaired) electrons. The van der Waals surface area contributed by atoms with Crippen molar-refractivity contribution in [3.05, 3.63) is 28.8 Å². The Balaban J connectivity index is 2.11. The second-order valence-corrected chi connectivity index (χ2v) is 6.10. The molecule has 3 nitrogen and oxygen atoms in total. The minimum absolute atomic E-state index is 0.158. The molecule has 1 N–H and O–H groups in total. The zero-order chi connectivity index (χ0) is 13.6. The van der Waals surface area contributed by atoms with Gasteiger partial charge in [-0.05, 0) is 57.1 Å². The summed E-state index contributed by atoms with van der Waals surface area (Å²) in [5, 5.41) is 0. The first-order valence-corrected chi connectivity index (χ1v) is 6.91. The molecule has 0 bridgehead atoms. The summed E-state index contributed by atoms with van der Waals surface area (Å²) < 4.78 is 21.9. The highest BCUT2D eigenvalue weighted by molar-refractivity contribution is 7.71. The lowest BCUT2D eigenvalue weighted by Gasteiger charge is -2.36. The molecule has 2 aromatic rings. The van der Waals surface area contributed by atoms with Gasteiger partial charge >= 0.3 is 0 Å². The standard InChI is InChI=1S/C14H17FN2OS/c1-14(2)8-10(5-6-18-14)17-12-7-9(15)3-4-11(12)16-13(17)19/h3-4,7,10H,5-6,8H2,1-2H3,(H,16,19). The Morgan fingerprint density at radius 1 is 1.47 bits per heavy atom. The third-order valence-electron chi connectivity index (χ3n) is 3.72. The summed E-state index contributed by atoms with van der Waals surface area (Å²) in [6.07, 6.45) is 1.78. The Hall–Kier alpha value is -1.20. The fourth-order valence-electron chi connectivity index (χ4n) is 2.88. The molecule has 1 aliphatic rings. The van der Waals surface area contributed by atoms with Gasteiger partial charge in [0.05, 0.1) is 16.6 Å². The molecule has 0 saturated carbocycles. The molecule has 0 spiro atoms. The van der Waals surface area contributed by atoms with Crippen LogP contribution in [0.5, 0.6) is 0 Å². The summed E-state index contributed by atoms with van der Waals surface area (Å²) in [5.41, 5.74) is 1.57. The van der Waals surface area contributed by atoms with Crippen LogP contribution in [0.1, 0.15) is 32.7 Å². The number of nitrogens with zero attached hydrogens (tertiary/aromatic N) is 1. The second kappa shape index (κ2) is 4.42. The lowest BCUT2D eigenvalue weighted by atomic mass is 9.93. The van der Waals surface area contributed by atoms with Crippen LogP contribution in [0.2, 0.25) is 0 Å². The largest absolute Gasteiger partial charge is 0.375 e.